The smallest absolute Gasteiger partial charge is 0.351 e. The predicted molar refractivity (Wildman–Crippen MR) is 72.2 cm³/mol. The third-order valence-corrected chi connectivity index (χ3v) is 3.69. The second-order valence-electron chi connectivity index (χ2n) is 4.16. The zero-order valence-corrected chi connectivity index (χ0v) is 11.9. The van der Waals surface area contributed by atoms with Crippen LogP contribution in [0.15, 0.2) is 11.0 Å². The van der Waals surface area contributed by atoms with Gasteiger partial charge in [-0.3, -0.25) is 9.36 Å². The first-order valence-corrected chi connectivity index (χ1v) is 7.08. The van der Waals surface area contributed by atoms with Crippen LogP contribution in [0.1, 0.15) is 13.2 Å². The highest BCUT2D eigenvalue weighted by molar-refractivity contribution is 8.00. The van der Waals surface area contributed by atoms with Crippen molar-refractivity contribution < 1.29 is 23.8 Å². The van der Waals surface area contributed by atoms with Gasteiger partial charge in [0.15, 0.2) is 11.6 Å². The number of hydrogen-bond donors (Lipinski definition) is 2. The maximum atomic E-state index is 13.8. The summed E-state index contributed by atoms with van der Waals surface area (Å²) >= 11 is 1.38. The monoisotopic (exact) mass is 319 g/mol. The molecule has 116 valence electrons. The van der Waals surface area contributed by atoms with Crippen LogP contribution in [0.25, 0.3) is 0 Å². The molecule has 0 bridgehead atoms. The lowest BCUT2D eigenvalue weighted by molar-refractivity contribution is -0.114. The van der Waals surface area contributed by atoms with E-state index in [0.717, 1.165) is 10.8 Å². The summed E-state index contributed by atoms with van der Waals surface area (Å²) in [5, 5.41) is 10.7. The van der Waals surface area contributed by atoms with Gasteiger partial charge in [-0.25, -0.2) is 9.18 Å². The van der Waals surface area contributed by atoms with E-state index >= 15 is 0 Å². The molecule has 2 atom stereocenters. The van der Waals surface area contributed by atoms with Gasteiger partial charge in [0.1, 0.15) is 18.5 Å². The quantitative estimate of drug-likeness (QED) is 0.730. The Morgan fingerprint density at radius 3 is 3.19 bits per heavy atom. The molecular weight excluding hydrogens is 305 g/mol. The van der Waals surface area contributed by atoms with Crippen LogP contribution in [0.4, 0.5) is 10.2 Å². The fourth-order valence-corrected chi connectivity index (χ4v) is 2.75. The molecule has 2 rings (SSSR count). The van der Waals surface area contributed by atoms with Crippen LogP contribution >= 0.6 is 11.8 Å². The first-order valence-electron chi connectivity index (χ1n) is 6.03. The minimum absolute atomic E-state index is 0.159. The first-order chi connectivity index (χ1) is 10.0. The van der Waals surface area contributed by atoms with Crippen molar-refractivity contribution in [2.75, 3.05) is 24.5 Å². The van der Waals surface area contributed by atoms with Gasteiger partial charge >= 0.3 is 5.69 Å². The summed E-state index contributed by atoms with van der Waals surface area (Å²) in [6.07, 6.45) is 0.268. The molecule has 0 aliphatic carbocycles. The standard InChI is InChI=1S/C11H14FN3O5S/c1-6(17)13-10-7(12)2-15(11(18)14-10)8-4-21-9(20-8)3-19-5-16/h2,8-9,16H,3-5H2,1H3,(H,13,14,17,18)/t8-,9+/m1/s1. The highest BCUT2D eigenvalue weighted by Gasteiger charge is 2.29. The van der Waals surface area contributed by atoms with E-state index in [2.05, 4.69) is 10.3 Å². The number of amides is 1. The zero-order valence-electron chi connectivity index (χ0n) is 11.1. The van der Waals surface area contributed by atoms with Crippen LogP contribution in [-0.4, -0.2) is 45.2 Å². The molecule has 0 aromatic carbocycles. The molecule has 1 aromatic heterocycles. The van der Waals surface area contributed by atoms with E-state index < -0.39 is 36.3 Å². The van der Waals surface area contributed by atoms with Crippen molar-refractivity contribution in [3.05, 3.63) is 22.5 Å². The van der Waals surface area contributed by atoms with Crippen molar-refractivity contribution in [3.8, 4) is 0 Å². The van der Waals surface area contributed by atoms with E-state index in [-0.39, 0.29) is 12.0 Å². The second-order valence-corrected chi connectivity index (χ2v) is 5.35. The van der Waals surface area contributed by atoms with Gasteiger partial charge in [0.05, 0.1) is 12.8 Å². The van der Waals surface area contributed by atoms with Gasteiger partial charge in [-0.1, -0.05) is 0 Å². The average molecular weight is 319 g/mol. The number of aliphatic hydroxyl groups is 1. The van der Waals surface area contributed by atoms with Gasteiger partial charge in [0, 0.05) is 12.7 Å². The zero-order chi connectivity index (χ0) is 15.4. The molecule has 1 saturated heterocycles. The Morgan fingerprint density at radius 2 is 2.52 bits per heavy atom. The lowest BCUT2D eigenvalue weighted by Gasteiger charge is -2.15. The summed E-state index contributed by atoms with van der Waals surface area (Å²) < 4.78 is 25.1. The molecule has 1 aliphatic rings. The van der Waals surface area contributed by atoms with Gasteiger partial charge in [-0.2, -0.15) is 4.98 Å². The number of carbonyl (C=O) groups is 1. The normalized spacial score (nSPS) is 21.5. The molecule has 0 unspecified atom stereocenters. The minimum atomic E-state index is -0.826. The molecule has 21 heavy (non-hydrogen) atoms. The Hall–Kier alpha value is -1.49. The molecule has 0 spiro atoms. The fourth-order valence-electron chi connectivity index (χ4n) is 1.73. The van der Waals surface area contributed by atoms with Crippen molar-refractivity contribution in [1.29, 1.82) is 0 Å². The van der Waals surface area contributed by atoms with Crippen molar-refractivity contribution >= 4 is 23.5 Å². The minimum Gasteiger partial charge on any atom is -0.371 e. The summed E-state index contributed by atoms with van der Waals surface area (Å²) in [4.78, 5) is 26.2. The highest BCUT2D eigenvalue weighted by Crippen LogP contribution is 2.31. The maximum Gasteiger partial charge on any atom is 0.351 e. The third kappa shape index (κ3) is 4.00. The lowest BCUT2D eigenvalue weighted by Crippen LogP contribution is -2.30. The van der Waals surface area contributed by atoms with Crippen molar-refractivity contribution in [2.24, 2.45) is 0 Å². The van der Waals surface area contributed by atoms with Gasteiger partial charge in [-0.15, -0.1) is 11.8 Å². The molecule has 1 aliphatic heterocycles. The Labute approximate surface area is 123 Å². The van der Waals surface area contributed by atoms with E-state index in [4.69, 9.17) is 14.6 Å². The third-order valence-electron chi connectivity index (χ3n) is 2.59. The SMILES string of the molecule is CC(=O)Nc1nc(=O)n([C@H]2CS[C@@H](COCO)O2)cc1F. The number of nitrogens with zero attached hydrogens (tertiary/aromatic N) is 2. The van der Waals surface area contributed by atoms with Gasteiger partial charge < -0.3 is 19.9 Å². The molecule has 1 fully saturated rings. The van der Waals surface area contributed by atoms with Crippen LogP contribution < -0.4 is 11.0 Å². The largest absolute Gasteiger partial charge is 0.371 e. The van der Waals surface area contributed by atoms with E-state index in [9.17, 15) is 14.0 Å². The number of nitrogens with one attached hydrogen (secondary N) is 1. The predicted octanol–water partition coefficient (Wildman–Crippen LogP) is -0.105. The van der Waals surface area contributed by atoms with E-state index in [0.29, 0.717) is 5.75 Å². The molecule has 1 aromatic rings. The summed E-state index contributed by atoms with van der Waals surface area (Å²) in [6.45, 7) is 0.925. The van der Waals surface area contributed by atoms with Crippen molar-refractivity contribution in [3.63, 3.8) is 0 Å². The Kier molecular flexibility index (Phi) is 5.28. The molecule has 2 N–H and O–H groups in total. The number of anilines is 1. The van der Waals surface area contributed by atoms with Crippen molar-refractivity contribution in [1.82, 2.24) is 9.55 Å². The first kappa shape index (κ1) is 15.9. The average Bonchev–Trinajstić information content (AvgIpc) is 2.88. The number of aliphatic hydroxyl groups excluding tert-OH is 1. The summed E-state index contributed by atoms with van der Waals surface area (Å²) in [6, 6.07) is 0. The number of rotatable bonds is 5. The molecule has 0 saturated carbocycles. The van der Waals surface area contributed by atoms with Crippen LogP contribution in [0.3, 0.4) is 0 Å². The summed E-state index contributed by atoms with van der Waals surface area (Å²) in [5.41, 5.74) is -1.08. The molecular formula is C11H14FN3O5S. The van der Waals surface area contributed by atoms with Gasteiger partial charge in [-0.05, 0) is 0 Å². The van der Waals surface area contributed by atoms with Crippen LogP contribution in [-0.2, 0) is 14.3 Å². The highest BCUT2D eigenvalue weighted by atomic mass is 32.2. The Balaban J connectivity index is 2.13. The number of thioether (sulfide) groups is 1. The maximum absolute atomic E-state index is 13.8. The number of carbonyl (C=O) groups excluding carboxylic acids is 1. The van der Waals surface area contributed by atoms with E-state index in [1.807, 2.05) is 0 Å². The second kappa shape index (κ2) is 6.98. The topological polar surface area (TPSA) is 103 Å². The van der Waals surface area contributed by atoms with E-state index in [1.54, 1.807) is 0 Å². The Bertz CT molecular complexity index is 581. The number of aromatic nitrogens is 2. The number of hydrogen-bond acceptors (Lipinski definition) is 7. The van der Waals surface area contributed by atoms with Gasteiger partial charge in [0.2, 0.25) is 5.91 Å². The fraction of sp³-hybridized carbons (Fsp3) is 0.545. The van der Waals surface area contributed by atoms with Crippen LogP contribution in [0, 0.1) is 5.82 Å². The number of ether oxygens (including phenoxy) is 2. The summed E-state index contributed by atoms with van der Waals surface area (Å²) in [7, 11) is 0. The molecule has 1 amide bonds. The molecule has 0 radical (unpaired) electrons. The van der Waals surface area contributed by atoms with Crippen LogP contribution in [0.5, 0.6) is 0 Å². The number of halogens is 1. The van der Waals surface area contributed by atoms with Crippen molar-refractivity contribution in [2.45, 2.75) is 18.6 Å². The van der Waals surface area contributed by atoms with Gasteiger partial charge in [0.25, 0.3) is 0 Å². The molecule has 8 nitrogen and oxygen atoms in total. The summed E-state index contributed by atoms with van der Waals surface area (Å²) in [5.74, 6) is -1.34. The molecule has 10 heteroatoms. The Morgan fingerprint density at radius 1 is 1.76 bits per heavy atom. The molecule has 2 heterocycles. The van der Waals surface area contributed by atoms with E-state index in [1.165, 1.54) is 18.7 Å². The lowest BCUT2D eigenvalue weighted by atomic mass is 10.5. The van der Waals surface area contributed by atoms with Crippen LogP contribution in [0.2, 0.25) is 0 Å².